The van der Waals surface area contributed by atoms with Crippen LogP contribution in [0.2, 0.25) is 0 Å². The average Bonchev–Trinajstić information content (AvgIpc) is 2.78. The van der Waals surface area contributed by atoms with Crippen molar-refractivity contribution < 1.29 is 22.4 Å². The number of benzene rings is 1. The van der Waals surface area contributed by atoms with E-state index in [-0.39, 0.29) is 19.0 Å². The summed E-state index contributed by atoms with van der Waals surface area (Å²) >= 11 is 0. The molecule has 0 aliphatic carbocycles. The SMILES string of the molecule is O=C(CC(F)(F)F)N1CCCC(c2nc(Nc3cccc(F)c3)cc(-c3cccnc3)n2)C1. The first-order valence-electron chi connectivity index (χ1n) is 10.4. The molecule has 1 aromatic carbocycles. The van der Waals surface area contributed by atoms with E-state index in [1.54, 1.807) is 36.7 Å². The average molecular weight is 459 g/mol. The van der Waals surface area contributed by atoms with E-state index in [1.807, 2.05) is 6.07 Å². The van der Waals surface area contributed by atoms with Gasteiger partial charge in [-0.2, -0.15) is 13.2 Å². The van der Waals surface area contributed by atoms with Crippen LogP contribution in [0.5, 0.6) is 0 Å². The van der Waals surface area contributed by atoms with Gasteiger partial charge in [0.2, 0.25) is 5.91 Å². The summed E-state index contributed by atoms with van der Waals surface area (Å²) in [6.07, 6.45) is -1.60. The minimum atomic E-state index is -4.55. The lowest BCUT2D eigenvalue weighted by Crippen LogP contribution is -2.41. The number of carbonyl (C=O) groups is 1. The molecule has 0 saturated carbocycles. The molecule has 10 heteroatoms. The number of hydrogen-bond acceptors (Lipinski definition) is 5. The number of piperidine rings is 1. The standard InChI is InChI=1S/C23H21F4N5O/c24-17-6-1-7-18(10-17)29-20-11-19(15-4-2-8-28-13-15)30-22(31-20)16-5-3-9-32(14-16)21(33)12-23(25,26)27/h1-2,4,6-8,10-11,13,16H,3,5,9,12,14H2,(H,29,30,31). The topological polar surface area (TPSA) is 71.0 Å². The van der Waals surface area contributed by atoms with Crippen LogP contribution in [0, 0.1) is 5.82 Å². The summed E-state index contributed by atoms with van der Waals surface area (Å²) in [5.41, 5.74) is 1.78. The maximum atomic E-state index is 13.6. The fraction of sp³-hybridized carbons (Fsp3) is 0.304. The van der Waals surface area contributed by atoms with Crippen LogP contribution in [0.25, 0.3) is 11.3 Å². The Morgan fingerprint density at radius 3 is 2.73 bits per heavy atom. The maximum Gasteiger partial charge on any atom is 0.397 e. The molecule has 0 radical (unpaired) electrons. The van der Waals surface area contributed by atoms with Gasteiger partial charge in [-0.1, -0.05) is 6.07 Å². The first-order chi connectivity index (χ1) is 15.8. The van der Waals surface area contributed by atoms with E-state index in [0.717, 1.165) is 5.56 Å². The Hall–Kier alpha value is -3.56. The number of pyridine rings is 1. The molecule has 4 rings (SSSR count). The summed E-state index contributed by atoms with van der Waals surface area (Å²) < 4.78 is 51.7. The van der Waals surface area contributed by atoms with Gasteiger partial charge in [0.1, 0.15) is 23.9 Å². The summed E-state index contributed by atoms with van der Waals surface area (Å²) in [6.45, 7) is 0.368. The van der Waals surface area contributed by atoms with Crippen LogP contribution in [-0.4, -0.2) is 45.0 Å². The molecule has 33 heavy (non-hydrogen) atoms. The minimum absolute atomic E-state index is 0.102. The number of rotatable bonds is 5. The number of nitrogens with one attached hydrogen (secondary N) is 1. The molecule has 0 spiro atoms. The van der Waals surface area contributed by atoms with E-state index in [9.17, 15) is 22.4 Å². The quantitative estimate of drug-likeness (QED) is 0.539. The summed E-state index contributed by atoms with van der Waals surface area (Å²) in [6, 6.07) is 11.2. The molecule has 3 aromatic rings. The Labute approximate surface area is 187 Å². The summed E-state index contributed by atoms with van der Waals surface area (Å²) in [5.74, 6) is -0.884. The number of carbonyl (C=O) groups excluding carboxylic acids is 1. The van der Waals surface area contributed by atoms with Crippen LogP contribution < -0.4 is 5.32 Å². The van der Waals surface area contributed by atoms with Gasteiger partial charge in [0, 0.05) is 48.7 Å². The highest BCUT2D eigenvalue weighted by Crippen LogP contribution is 2.30. The summed E-state index contributed by atoms with van der Waals surface area (Å²) in [4.78, 5) is 26.6. The van der Waals surface area contributed by atoms with Gasteiger partial charge in [-0.25, -0.2) is 14.4 Å². The molecule has 1 saturated heterocycles. The van der Waals surface area contributed by atoms with Crippen molar-refractivity contribution in [2.75, 3.05) is 18.4 Å². The molecule has 1 amide bonds. The van der Waals surface area contributed by atoms with Crippen molar-refractivity contribution in [3.63, 3.8) is 0 Å². The zero-order chi connectivity index (χ0) is 23.4. The normalized spacial score (nSPS) is 16.5. The van der Waals surface area contributed by atoms with Gasteiger partial charge in [-0.05, 0) is 43.2 Å². The van der Waals surface area contributed by atoms with Crippen LogP contribution in [0.4, 0.5) is 29.1 Å². The molecule has 172 valence electrons. The highest BCUT2D eigenvalue weighted by Gasteiger charge is 2.35. The van der Waals surface area contributed by atoms with Crippen molar-refractivity contribution in [3.05, 3.63) is 66.5 Å². The molecule has 1 aliphatic rings. The van der Waals surface area contributed by atoms with E-state index in [2.05, 4.69) is 20.3 Å². The Kier molecular flexibility index (Phi) is 6.52. The van der Waals surface area contributed by atoms with E-state index < -0.39 is 24.3 Å². The zero-order valence-electron chi connectivity index (χ0n) is 17.5. The summed E-state index contributed by atoms with van der Waals surface area (Å²) in [7, 11) is 0. The van der Waals surface area contributed by atoms with Crippen LogP contribution in [0.1, 0.15) is 31.0 Å². The van der Waals surface area contributed by atoms with Gasteiger partial charge in [0.25, 0.3) is 0 Å². The molecule has 1 unspecified atom stereocenters. The Morgan fingerprint density at radius 2 is 2.00 bits per heavy atom. The van der Waals surface area contributed by atoms with Gasteiger partial charge in [-0.15, -0.1) is 0 Å². The molecule has 1 aliphatic heterocycles. The predicted octanol–water partition coefficient (Wildman–Crippen LogP) is 5.08. The Morgan fingerprint density at radius 1 is 1.15 bits per heavy atom. The second kappa shape index (κ2) is 9.51. The molecule has 0 bridgehead atoms. The van der Waals surface area contributed by atoms with Crippen LogP contribution in [0.3, 0.4) is 0 Å². The third-order valence-electron chi connectivity index (χ3n) is 5.29. The van der Waals surface area contributed by atoms with Crippen molar-refractivity contribution in [1.82, 2.24) is 19.9 Å². The van der Waals surface area contributed by atoms with Crippen LogP contribution >= 0.6 is 0 Å². The van der Waals surface area contributed by atoms with E-state index in [4.69, 9.17) is 0 Å². The Bertz CT molecular complexity index is 1120. The van der Waals surface area contributed by atoms with Gasteiger partial charge < -0.3 is 10.2 Å². The molecule has 1 atom stereocenters. The molecular weight excluding hydrogens is 438 g/mol. The highest BCUT2D eigenvalue weighted by atomic mass is 19.4. The lowest BCUT2D eigenvalue weighted by Gasteiger charge is -2.32. The second-order valence-corrected chi connectivity index (χ2v) is 7.84. The largest absolute Gasteiger partial charge is 0.397 e. The van der Waals surface area contributed by atoms with Crippen molar-refractivity contribution in [3.8, 4) is 11.3 Å². The lowest BCUT2D eigenvalue weighted by atomic mass is 9.96. The first-order valence-corrected chi connectivity index (χ1v) is 10.4. The number of alkyl halides is 3. The maximum absolute atomic E-state index is 13.6. The van der Waals surface area contributed by atoms with Crippen molar-refractivity contribution in [1.29, 1.82) is 0 Å². The molecule has 1 N–H and O–H groups in total. The van der Waals surface area contributed by atoms with E-state index in [0.29, 0.717) is 35.9 Å². The lowest BCUT2D eigenvalue weighted by molar-refractivity contribution is -0.162. The van der Waals surface area contributed by atoms with E-state index in [1.165, 1.54) is 17.0 Å². The van der Waals surface area contributed by atoms with Crippen molar-refractivity contribution >= 4 is 17.4 Å². The smallest absolute Gasteiger partial charge is 0.342 e. The fourth-order valence-electron chi connectivity index (χ4n) is 3.79. The number of aromatic nitrogens is 3. The number of hydrogen-bond donors (Lipinski definition) is 1. The zero-order valence-corrected chi connectivity index (χ0v) is 17.5. The van der Waals surface area contributed by atoms with E-state index >= 15 is 0 Å². The van der Waals surface area contributed by atoms with Gasteiger partial charge in [0.15, 0.2) is 0 Å². The van der Waals surface area contributed by atoms with Crippen molar-refractivity contribution in [2.45, 2.75) is 31.4 Å². The van der Waals surface area contributed by atoms with Crippen LogP contribution in [0.15, 0.2) is 54.9 Å². The highest BCUT2D eigenvalue weighted by molar-refractivity contribution is 5.77. The predicted molar refractivity (Wildman–Crippen MR) is 114 cm³/mol. The monoisotopic (exact) mass is 459 g/mol. The van der Waals surface area contributed by atoms with Gasteiger partial charge in [-0.3, -0.25) is 9.78 Å². The second-order valence-electron chi connectivity index (χ2n) is 7.84. The molecular formula is C23H21F4N5O. The summed E-state index contributed by atoms with van der Waals surface area (Å²) in [5, 5.41) is 3.06. The minimum Gasteiger partial charge on any atom is -0.342 e. The number of likely N-dealkylation sites (tertiary alicyclic amines) is 1. The third-order valence-corrected chi connectivity index (χ3v) is 5.29. The molecule has 6 nitrogen and oxygen atoms in total. The number of nitrogens with zero attached hydrogens (tertiary/aromatic N) is 4. The Balaban J connectivity index is 1.64. The van der Waals surface area contributed by atoms with Crippen LogP contribution in [-0.2, 0) is 4.79 Å². The number of anilines is 2. The first kappa shape index (κ1) is 22.6. The van der Waals surface area contributed by atoms with Crippen molar-refractivity contribution in [2.24, 2.45) is 0 Å². The fourth-order valence-corrected chi connectivity index (χ4v) is 3.79. The molecule has 1 fully saturated rings. The van der Waals surface area contributed by atoms with Gasteiger partial charge >= 0.3 is 6.18 Å². The molecule has 3 heterocycles. The third kappa shape index (κ3) is 6.03. The number of amides is 1. The number of halogens is 4. The van der Waals surface area contributed by atoms with Gasteiger partial charge in [0.05, 0.1) is 5.69 Å². The molecule has 2 aromatic heterocycles.